The second-order valence-electron chi connectivity index (χ2n) is 8.71. The molecule has 0 unspecified atom stereocenters. The van der Waals surface area contributed by atoms with E-state index in [9.17, 15) is 9.18 Å². The van der Waals surface area contributed by atoms with Crippen LogP contribution in [0.25, 0.3) is 11.3 Å². The maximum atomic E-state index is 14.3. The van der Waals surface area contributed by atoms with E-state index in [1.165, 1.54) is 18.3 Å². The number of rotatable bonds is 12. The van der Waals surface area contributed by atoms with E-state index in [0.29, 0.717) is 41.5 Å². The summed E-state index contributed by atoms with van der Waals surface area (Å²) in [6.45, 7) is 7.35. The first-order chi connectivity index (χ1) is 18.2. The summed E-state index contributed by atoms with van der Waals surface area (Å²) < 4.78 is 20.2. The summed E-state index contributed by atoms with van der Waals surface area (Å²) in [6.07, 6.45) is 3.73. The van der Waals surface area contributed by atoms with Gasteiger partial charge in [0.05, 0.1) is 35.1 Å². The highest BCUT2D eigenvalue weighted by molar-refractivity contribution is 6.02. The minimum absolute atomic E-state index is 0.0951. The van der Waals surface area contributed by atoms with Gasteiger partial charge in [-0.05, 0) is 51.4 Å². The molecule has 0 aliphatic rings. The van der Waals surface area contributed by atoms with Gasteiger partial charge in [-0.15, -0.1) is 0 Å². The van der Waals surface area contributed by atoms with E-state index in [2.05, 4.69) is 32.1 Å². The van der Waals surface area contributed by atoms with Crippen molar-refractivity contribution in [3.8, 4) is 17.0 Å². The minimum atomic E-state index is -0.635. The Balaban J connectivity index is 2.03. The number of ether oxygens (including phenoxy) is 1. The fourth-order valence-corrected chi connectivity index (χ4v) is 3.62. The first-order valence-corrected chi connectivity index (χ1v) is 12.0. The molecule has 3 rings (SSSR count). The van der Waals surface area contributed by atoms with Crippen LogP contribution in [0.4, 0.5) is 33.1 Å². The van der Waals surface area contributed by atoms with Gasteiger partial charge in [0, 0.05) is 49.7 Å². The van der Waals surface area contributed by atoms with Crippen molar-refractivity contribution in [2.45, 2.75) is 6.92 Å². The van der Waals surface area contributed by atoms with Crippen molar-refractivity contribution in [3.63, 3.8) is 0 Å². The summed E-state index contributed by atoms with van der Waals surface area (Å²) in [5, 5.41) is 13.5. The molecule has 1 aromatic heterocycles. The molecule has 1 amide bonds. The van der Waals surface area contributed by atoms with Crippen LogP contribution in [0.15, 0.2) is 49.2 Å². The van der Waals surface area contributed by atoms with E-state index in [0.717, 1.165) is 18.4 Å². The van der Waals surface area contributed by atoms with Crippen molar-refractivity contribution >= 4 is 40.8 Å². The maximum absolute atomic E-state index is 14.3. The molecule has 0 radical (unpaired) electrons. The smallest absolute Gasteiger partial charge is 0.247 e. The SMILES string of the molecule is C=CC(=O)Nc1cc(Nc2nccc(-c3cc(F)c(N)c(C=N)c3)n2)c(OCC)cc1N(C)CCN(C)C. The van der Waals surface area contributed by atoms with Gasteiger partial charge in [0.1, 0.15) is 11.6 Å². The summed E-state index contributed by atoms with van der Waals surface area (Å²) in [5.41, 5.74) is 8.59. The number of hydrogen-bond donors (Lipinski definition) is 4. The van der Waals surface area contributed by atoms with Crippen LogP contribution in [0.1, 0.15) is 12.5 Å². The number of hydrogen-bond acceptors (Lipinski definition) is 9. The summed E-state index contributed by atoms with van der Waals surface area (Å²) in [7, 11) is 5.92. The average molecular weight is 521 g/mol. The summed E-state index contributed by atoms with van der Waals surface area (Å²) in [4.78, 5) is 25.1. The molecule has 5 N–H and O–H groups in total. The Hall–Kier alpha value is -4.51. The van der Waals surface area contributed by atoms with Gasteiger partial charge >= 0.3 is 0 Å². The van der Waals surface area contributed by atoms with Gasteiger partial charge in [0.2, 0.25) is 11.9 Å². The number of aromatic nitrogens is 2. The normalized spacial score (nSPS) is 10.7. The van der Waals surface area contributed by atoms with E-state index >= 15 is 0 Å². The van der Waals surface area contributed by atoms with Crippen molar-refractivity contribution in [3.05, 3.63) is 60.6 Å². The van der Waals surface area contributed by atoms with Gasteiger partial charge in [-0.3, -0.25) is 4.79 Å². The van der Waals surface area contributed by atoms with E-state index < -0.39 is 5.82 Å². The molecule has 2 aromatic carbocycles. The third-order valence-corrected chi connectivity index (χ3v) is 5.65. The zero-order valence-corrected chi connectivity index (χ0v) is 22.0. The number of anilines is 5. The predicted octanol–water partition coefficient (Wildman–Crippen LogP) is 4.13. The Labute approximate surface area is 221 Å². The van der Waals surface area contributed by atoms with Crippen LogP contribution in [0.2, 0.25) is 0 Å². The number of halogens is 1. The molecule has 1 heterocycles. The highest BCUT2D eigenvalue weighted by atomic mass is 19.1. The second-order valence-corrected chi connectivity index (χ2v) is 8.71. The lowest BCUT2D eigenvalue weighted by molar-refractivity contribution is -0.111. The predicted molar refractivity (Wildman–Crippen MR) is 151 cm³/mol. The Morgan fingerprint density at radius 2 is 1.97 bits per heavy atom. The summed E-state index contributed by atoms with van der Waals surface area (Å²) in [6, 6.07) is 8.08. The van der Waals surface area contributed by atoms with Crippen molar-refractivity contribution in [2.75, 3.05) is 62.1 Å². The molecule has 38 heavy (non-hydrogen) atoms. The molecule has 0 saturated heterocycles. The fourth-order valence-electron chi connectivity index (χ4n) is 3.62. The van der Waals surface area contributed by atoms with Crippen LogP contribution < -0.4 is 26.0 Å². The van der Waals surface area contributed by atoms with Gasteiger partial charge in [0.25, 0.3) is 0 Å². The number of likely N-dealkylation sites (N-methyl/N-ethyl adjacent to an activating group) is 2. The highest BCUT2D eigenvalue weighted by Gasteiger charge is 2.17. The number of amides is 1. The van der Waals surface area contributed by atoms with Gasteiger partial charge < -0.3 is 36.3 Å². The zero-order chi connectivity index (χ0) is 27.8. The molecule has 3 aromatic rings. The number of nitrogens with zero attached hydrogens (tertiary/aromatic N) is 4. The van der Waals surface area contributed by atoms with Crippen LogP contribution in [0.5, 0.6) is 5.75 Å². The Morgan fingerprint density at radius 3 is 2.63 bits per heavy atom. The van der Waals surface area contributed by atoms with Gasteiger partial charge in [-0.2, -0.15) is 0 Å². The lowest BCUT2D eigenvalue weighted by atomic mass is 10.1. The third-order valence-electron chi connectivity index (χ3n) is 5.65. The zero-order valence-electron chi connectivity index (χ0n) is 22.0. The largest absolute Gasteiger partial charge is 0.492 e. The quantitative estimate of drug-likeness (QED) is 0.159. The monoisotopic (exact) mass is 520 g/mol. The minimum Gasteiger partial charge on any atom is -0.492 e. The number of benzene rings is 2. The van der Waals surface area contributed by atoms with Crippen molar-refractivity contribution in [1.82, 2.24) is 14.9 Å². The summed E-state index contributed by atoms with van der Waals surface area (Å²) in [5.74, 6) is -0.224. The lowest BCUT2D eigenvalue weighted by Crippen LogP contribution is -2.29. The van der Waals surface area contributed by atoms with E-state index in [4.69, 9.17) is 15.9 Å². The molecule has 0 atom stereocenters. The van der Waals surface area contributed by atoms with Gasteiger partial charge in [-0.1, -0.05) is 6.58 Å². The number of carbonyl (C=O) groups excluding carboxylic acids is 1. The van der Waals surface area contributed by atoms with Crippen molar-refractivity contribution in [2.24, 2.45) is 0 Å². The van der Waals surface area contributed by atoms with Crippen LogP contribution in [0, 0.1) is 11.2 Å². The van der Waals surface area contributed by atoms with Crippen LogP contribution >= 0.6 is 0 Å². The standard InChI is InChI=1S/C27H33FN8O2/c1-6-25(37)32-21-14-22(24(38-7-2)15-23(21)36(5)11-10-35(3)4)34-27-31-9-8-20(33-27)17-12-18(16-29)26(30)19(28)13-17/h6,8-9,12-16,29H,1,7,10-11,30H2,2-5H3,(H,32,37)(H,31,33,34). The molecule has 0 aliphatic carbocycles. The van der Waals surface area contributed by atoms with Gasteiger partial charge in [-0.25, -0.2) is 14.4 Å². The molecule has 0 saturated carbocycles. The number of nitrogen functional groups attached to an aromatic ring is 1. The van der Waals surface area contributed by atoms with Crippen LogP contribution in [-0.4, -0.2) is 67.8 Å². The van der Waals surface area contributed by atoms with Crippen molar-refractivity contribution in [1.29, 1.82) is 5.41 Å². The first-order valence-electron chi connectivity index (χ1n) is 12.0. The third kappa shape index (κ3) is 6.83. The van der Waals surface area contributed by atoms with Gasteiger partial charge in [0.15, 0.2) is 0 Å². The van der Waals surface area contributed by atoms with Crippen LogP contribution in [0.3, 0.4) is 0 Å². The molecule has 10 nitrogen and oxygen atoms in total. The number of nitrogens with two attached hydrogens (primary N) is 1. The second kappa shape index (κ2) is 12.6. The molecule has 0 bridgehead atoms. The highest BCUT2D eigenvalue weighted by Crippen LogP contribution is 2.38. The Morgan fingerprint density at radius 1 is 1.21 bits per heavy atom. The maximum Gasteiger partial charge on any atom is 0.247 e. The number of carbonyl (C=O) groups is 1. The Kier molecular flexibility index (Phi) is 9.33. The molecule has 0 aliphatic heterocycles. The Bertz CT molecular complexity index is 1330. The topological polar surface area (TPSA) is 132 Å². The number of nitrogens with one attached hydrogen (secondary N) is 3. The molecule has 200 valence electrons. The fraction of sp³-hybridized carbons (Fsp3) is 0.259. The molecular formula is C27H33FN8O2. The van der Waals surface area contributed by atoms with Crippen LogP contribution in [-0.2, 0) is 4.79 Å². The van der Waals surface area contributed by atoms with E-state index in [1.807, 2.05) is 39.0 Å². The lowest BCUT2D eigenvalue weighted by Gasteiger charge is -2.26. The molecular weight excluding hydrogens is 487 g/mol. The van der Waals surface area contributed by atoms with E-state index in [-0.39, 0.29) is 23.1 Å². The van der Waals surface area contributed by atoms with Crippen molar-refractivity contribution < 1.29 is 13.9 Å². The molecule has 0 spiro atoms. The average Bonchev–Trinajstić information content (AvgIpc) is 2.90. The molecule has 11 heteroatoms. The first kappa shape index (κ1) is 28.1. The van der Waals surface area contributed by atoms with E-state index in [1.54, 1.807) is 18.2 Å². The summed E-state index contributed by atoms with van der Waals surface area (Å²) >= 11 is 0. The molecule has 0 fully saturated rings.